The van der Waals surface area contributed by atoms with E-state index in [2.05, 4.69) is 210 Å². The third kappa shape index (κ3) is 5.76. The van der Waals surface area contributed by atoms with Crippen LogP contribution >= 0.6 is 0 Å². The van der Waals surface area contributed by atoms with Gasteiger partial charge in [-0.3, -0.25) is 4.99 Å². The van der Waals surface area contributed by atoms with E-state index >= 15 is 0 Å². The zero-order valence-corrected chi connectivity index (χ0v) is 32.2. The summed E-state index contributed by atoms with van der Waals surface area (Å²) < 4.78 is 4.70. The Balaban J connectivity index is 0.990. The lowest BCUT2D eigenvalue weighted by atomic mass is 9.82. The Bertz CT molecular complexity index is 3190. The van der Waals surface area contributed by atoms with Crippen LogP contribution in [0.2, 0.25) is 0 Å². The van der Waals surface area contributed by atoms with Crippen molar-refractivity contribution in [3.05, 3.63) is 217 Å². The Morgan fingerprint density at radius 1 is 0.466 bits per heavy atom. The maximum Gasteiger partial charge on any atom is 0.155 e. The van der Waals surface area contributed by atoms with E-state index in [1.54, 1.807) is 0 Å². The van der Waals surface area contributed by atoms with Gasteiger partial charge in [-0.25, -0.2) is 4.99 Å². The van der Waals surface area contributed by atoms with E-state index in [4.69, 9.17) is 9.98 Å². The van der Waals surface area contributed by atoms with Crippen LogP contribution in [-0.4, -0.2) is 20.7 Å². The molecule has 0 N–H and O–H groups in total. The first-order valence-corrected chi connectivity index (χ1v) is 20.2. The molecule has 3 heterocycles. The van der Waals surface area contributed by atoms with Crippen LogP contribution in [0.5, 0.6) is 0 Å². The molecule has 0 saturated carbocycles. The van der Waals surface area contributed by atoms with Crippen molar-refractivity contribution >= 4 is 55.0 Å². The van der Waals surface area contributed by atoms with E-state index in [1.165, 1.54) is 60.2 Å². The van der Waals surface area contributed by atoms with Crippen LogP contribution in [-0.2, 0) is 0 Å². The second kappa shape index (κ2) is 14.0. The lowest BCUT2D eigenvalue weighted by molar-refractivity contribution is 0.532. The summed E-state index contributed by atoms with van der Waals surface area (Å²) in [5.41, 5.74) is 12.7. The second-order valence-electron chi connectivity index (χ2n) is 15.3. The van der Waals surface area contributed by atoms with Crippen molar-refractivity contribution in [3.8, 4) is 22.5 Å². The Labute approximate surface area is 337 Å². The highest BCUT2D eigenvalue weighted by Crippen LogP contribution is 2.39. The smallest absolute Gasteiger partial charge is 0.155 e. The minimum absolute atomic E-state index is 0.0134. The largest absolute Gasteiger partial charge is 0.317 e. The summed E-state index contributed by atoms with van der Waals surface area (Å²) in [5.74, 6) is 0.940. The quantitative estimate of drug-likeness (QED) is 0.156. The second-order valence-corrected chi connectivity index (χ2v) is 15.3. The predicted molar refractivity (Wildman–Crippen MR) is 243 cm³/mol. The fourth-order valence-electron chi connectivity index (χ4n) is 9.08. The van der Waals surface area contributed by atoms with Crippen LogP contribution in [0.25, 0.3) is 66.0 Å². The number of para-hydroxylation sites is 2. The number of hydrogen-bond donors (Lipinski definition) is 0. The van der Waals surface area contributed by atoms with E-state index in [0.717, 1.165) is 40.5 Å². The van der Waals surface area contributed by atoms with Gasteiger partial charge < -0.3 is 9.13 Å². The number of amidine groups is 1. The highest BCUT2D eigenvalue weighted by molar-refractivity contribution is 6.16. The first-order chi connectivity index (χ1) is 28.7. The van der Waals surface area contributed by atoms with Gasteiger partial charge in [-0.05, 0) is 106 Å². The molecule has 1 aliphatic rings. The molecule has 10 aromatic rings. The van der Waals surface area contributed by atoms with Gasteiger partial charge >= 0.3 is 0 Å². The van der Waals surface area contributed by atoms with E-state index < -0.39 is 0 Å². The molecule has 2 aromatic heterocycles. The topological polar surface area (TPSA) is 34.6 Å². The zero-order valence-electron chi connectivity index (χ0n) is 32.2. The average molecular weight is 745 g/mol. The molecule has 0 radical (unpaired) electrons. The van der Waals surface area contributed by atoms with Crippen LogP contribution in [0, 0.1) is 5.92 Å². The molecule has 2 unspecified atom stereocenters. The normalized spacial score (nSPS) is 15.6. The number of aliphatic imine (C=N–C) groups is 2. The number of fused-ring (bicyclic) bond motifs is 5. The predicted octanol–water partition coefficient (Wildman–Crippen LogP) is 13.6. The summed E-state index contributed by atoms with van der Waals surface area (Å²) in [4.78, 5) is 10.6. The van der Waals surface area contributed by atoms with Gasteiger partial charge in [0.05, 0.1) is 28.3 Å². The molecule has 0 spiro atoms. The van der Waals surface area contributed by atoms with Crippen molar-refractivity contribution in [2.45, 2.75) is 19.4 Å². The summed E-state index contributed by atoms with van der Waals surface area (Å²) in [7, 11) is 0. The van der Waals surface area contributed by atoms with Crippen LogP contribution in [0.1, 0.15) is 36.1 Å². The van der Waals surface area contributed by atoms with E-state index in [9.17, 15) is 0 Å². The zero-order chi connectivity index (χ0) is 38.6. The minimum atomic E-state index is -0.0134. The number of rotatable bonds is 7. The first-order valence-electron chi connectivity index (χ1n) is 20.2. The van der Waals surface area contributed by atoms with Gasteiger partial charge in [-0.15, -0.1) is 0 Å². The summed E-state index contributed by atoms with van der Waals surface area (Å²) in [6, 6.07) is 70.0. The van der Waals surface area contributed by atoms with E-state index in [0.29, 0.717) is 0 Å². The fraction of sp³-hybridized carbons (Fsp3) is 0.0741. The summed E-state index contributed by atoms with van der Waals surface area (Å²) >= 11 is 0. The maximum atomic E-state index is 5.31. The molecule has 8 aromatic carbocycles. The lowest BCUT2D eigenvalue weighted by Gasteiger charge is -2.30. The van der Waals surface area contributed by atoms with Gasteiger partial charge in [0.2, 0.25) is 0 Å². The van der Waals surface area contributed by atoms with Gasteiger partial charge in [0.15, 0.2) is 5.84 Å². The molecule has 0 bridgehead atoms. The van der Waals surface area contributed by atoms with Gasteiger partial charge in [-0.1, -0.05) is 134 Å². The third-order valence-corrected chi connectivity index (χ3v) is 11.9. The average Bonchev–Trinajstić information content (AvgIpc) is 3.86. The van der Waals surface area contributed by atoms with Crippen molar-refractivity contribution in [3.63, 3.8) is 0 Å². The Morgan fingerprint density at radius 2 is 1.14 bits per heavy atom. The first kappa shape index (κ1) is 34.0. The highest BCUT2D eigenvalue weighted by atomic mass is 15.0. The van der Waals surface area contributed by atoms with Crippen molar-refractivity contribution in [2.75, 3.05) is 0 Å². The van der Waals surface area contributed by atoms with E-state index in [-0.39, 0.29) is 12.0 Å². The number of aromatic nitrogens is 2. The lowest BCUT2D eigenvalue weighted by Crippen LogP contribution is -2.28. The number of nitrogens with zero attached hydrogens (tertiary/aromatic N) is 4. The van der Waals surface area contributed by atoms with Crippen LogP contribution in [0.15, 0.2) is 210 Å². The molecule has 58 heavy (non-hydrogen) atoms. The van der Waals surface area contributed by atoms with Crippen molar-refractivity contribution < 1.29 is 0 Å². The minimum Gasteiger partial charge on any atom is -0.317 e. The van der Waals surface area contributed by atoms with Gasteiger partial charge in [0, 0.05) is 45.2 Å². The molecule has 0 saturated heterocycles. The molecule has 4 heteroatoms. The number of benzene rings is 8. The highest BCUT2D eigenvalue weighted by Gasteiger charge is 2.31. The van der Waals surface area contributed by atoms with Crippen LogP contribution in [0.3, 0.4) is 0 Å². The molecule has 2 atom stereocenters. The van der Waals surface area contributed by atoms with Crippen molar-refractivity contribution in [2.24, 2.45) is 15.9 Å². The molecular weight excluding hydrogens is 705 g/mol. The third-order valence-electron chi connectivity index (χ3n) is 11.9. The number of hydrogen-bond acceptors (Lipinski definition) is 2. The molecular formula is C54H40N4. The molecule has 0 aliphatic carbocycles. The van der Waals surface area contributed by atoms with Gasteiger partial charge in [-0.2, -0.15) is 0 Å². The Kier molecular flexibility index (Phi) is 8.21. The maximum absolute atomic E-state index is 5.31. The SMILES string of the molecule is CCC1C(c2cccc(-c3ccc(-n4c5ccccc5c5cc6cc7ccn(-c8ccccc8)c7cc6cc54)cc3)c2)=NC(c2ccccc2)=NC1c1ccccc1. The van der Waals surface area contributed by atoms with E-state index in [1.807, 2.05) is 6.07 Å². The summed E-state index contributed by atoms with van der Waals surface area (Å²) in [5, 5.41) is 6.21. The van der Waals surface area contributed by atoms with Crippen LogP contribution < -0.4 is 0 Å². The summed E-state index contributed by atoms with van der Waals surface area (Å²) in [6.45, 7) is 2.25. The molecule has 1 aliphatic heterocycles. The monoisotopic (exact) mass is 744 g/mol. The molecule has 0 amide bonds. The van der Waals surface area contributed by atoms with Crippen LogP contribution in [0.4, 0.5) is 0 Å². The molecule has 4 nitrogen and oxygen atoms in total. The molecule has 276 valence electrons. The van der Waals surface area contributed by atoms with Crippen molar-refractivity contribution in [1.82, 2.24) is 9.13 Å². The Hall–Kier alpha value is -7.30. The van der Waals surface area contributed by atoms with Crippen molar-refractivity contribution in [1.29, 1.82) is 0 Å². The van der Waals surface area contributed by atoms with Gasteiger partial charge in [0.1, 0.15) is 0 Å². The fourth-order valence-corrected chi connectivity index (χ4v) is 9.08. The molecule has 11 rings (SSSR count). The van der Waals surface area contributed by atoms with Gasteiger partial charge in [0.25, 0.3) is 0 Å². The summed E-state index contributed by atoms with van der Waals surface area (Å²) in [6.07, 6.45) is 3.11. The standard InChI is InChI=1S/C54H40N4/c1-2-46-52(37-15-6-3-7-16-37)55-54(38-17-8-4-9-18-38)56-53(46)41-20-14-19-39(31-41)36-25-27-45(28-26-36)58-49-24-13-12-23-47(49)48-33-42-32-40-29-30-57(44-21-10-5-11-22-44)50(40)34-43(42)35-51(48)58/h3-35,46,52H,2H2,1H3. The molecule has 0 fully saturated rings. The Morgan fingerprint density at radius 3 is 1.93 bits per heavy atom.